The number of rotatable bonds is 2. The van der Waals surface area contributed by atoms with E-state index >= 15 is 0 Å². The summed E-state index contributed by atoms with van der Waals surface area (Å²) < 4.78 is 5.31. The van der Waals surface area contributed by atoms with Gasteiger partial charge in [0, 0.05) is 12.8 Å². The molecule has 2 rings (SSSR count). The minimum absolute atomic E-state index is 0.144. The first-order chi connectivity index (χ1) is 6.77. The maximum absolute atomic E-state index is 10.9. The molecule has 14 heavy (non-hydrogen) atoms. The van der Waals surface area contributed by atoms with Crippen molar-refractivity contribution in [3.05, 3.63) is 11.8 Å². The number of ketones is 1. The Labute approximate surface area is 82.7 Å². The predicted octanol–water partition coefficient (Wildman–Crippen LogP) is 2.32. The standard InChI is InChI=1S/C10H14N2O2/c1-7(13)9-11-12-10(14-9)8-5-3-2-4-6-8/h8H,2-6H2,1H3. The van der Waals surface area contributed by atoms with Crippen molar-refractivity contribution in [1.29, 1.82) is 0 Å². The summed E-state index contributed by atoms with van der Waals surface area (Å²) in [5, 5.41) is 7.65. The molecule has 0 bridgehead atoms. The lowest BCUT2D eigenvalue weighted by atomic mass is 9.89. The molecule has 0 atom stereocenters. The van der Waals surface area contributed by atoms with E-state index in [2.05, 4.69) is 10.2 Å². The topological polar surface area (TPSA) is 56.0 Å². The van der Waals surface area contributed by atoms with E-state index in [1.54, 1.807) is 0 Å². The van der Waals surface area contributed by atoms with Gasteiger partial charge in [-0.3, -0.25) is 4.79 Å². The Morgan fingerprint density at radius 2 is 2.00 bits per heavy atom. The number of carbonyl (C=O) groups is 1. The second kappa shape index (κ2) is 3.90. The van der Waals surface area contributed by atoms with Gasteiger partial charge in [0.2, 0.25) is 11.7 Å². The van der Waals surface area contributed by atoms with Crippen molar-refractivity contribution in [3.8, 4) is 0 Å². The highest BCUT2D eigenvalue weighted by atomic mass is 16.4. The molecule has 1 aromatic heterocycles. The van der Waals surface area contributed by atoms with Gasteiger partial charge in [0.05, 0.1) is 0 Å². The Balaban J connectivity index is 2.11. The van der Waals surface area contributed by atoms with E-state index in [9.17, 15) is 4.79 Å². The third-order valence-corrected chi connectivity index (χ3v) is 2.70. The molecular weight excluding hydrogens is 180 g/mol. The third-order valence-electron chi connectivity index (χ3n) is 2.70. The highest BCUT2D eigenvalue weighted by Crippen LogP contribution is 2.31. The molecule has 0 N–H and O–H groups in total. The van der Waals surface area contributed by atoms with E-state index < -0.39 is 0 Å². The van der Waals surface area contributed by atoms with E-state index in [4.69, 9.17) is 4.42 Å². The van der Waals surface area contributed by atoms with Crippen molar-refractivity contribution in [3.63, 3.8) is 0 Å². The molecule has 0 spiro atoms. The fourth-order valence-corrected chi connectivity index (χ4v) is 1.89. The minimum Gasteiger partial charge on any atom is -0.418 e. The zero-order valence-corrected chi connectivity index (χ0v) is 8.32. The molecule has 0 amide bonds. The lowest BCUT2D eigenvalue weighted by Crippen LogP contribution is -2.04. The summed E-state index contributed by atoms with van der Waals surface area (Å²) in [5.41, 5.74) is 0. The van der Waals surface area contributed by atoms with Gasteiger partial charge in [0.25, 0.3) is 5.89 Å². The van der Waals surface area contributed by atoms with Crippen LogP contribution in [-0.4, -0.2) is 16.0 Å². The Morgan fingerprint density at radius 3 is 2.57 bits per heavy atom. The summed E-state index contributed by atoms with van der Waals surface area (Å²) in [6.07, 6.45) is 5.97. The largest absolute Gasteiger partial charge is 0.418 e. The molecule has 4 nitrogen and oxygen atoms in total. The molecule has 0 aliphatic heterocycles. The molecule has 1 aliphatic carbocycles. The minimum atomic E-state index is -0.153. The zero-order valence-electron chi connectivity index (χ0n) is 8.32. The van der Waals surface area contributed by atoms with Crippen LogP contribution in [0.5, 0.6) is 0 Å². The second-order valence-corrected chi connectivity index (χ2v) is 3.84. The number of aromatic nitrogens is 2. The molecule has 0 radical (unpaired) electrons. The number of hydrogen-bond acceptors (Lipinski definition) is 4. The number of Topliss-reactive ketones (excluding diaryl/α,β-unsaturated/α-hetero) is 1. The van der Waals surface area contributed by atoms with E-state index in [0.717, 1.165) is 12.8 Å². The van der Waals surface area contributed by atoms with E-state index in [-0.39, 0.29) is 11.7 Å². The van der Waals surface area contributed by atoms with Crippen LogP contribution in [0.15, 0.2) is 4.42 Å². The molecule has 0 saturated heterocycles. The Kier molecular flexibility index (Phi) is 2.61. The van der Waals surface area contributed by atoms with Crippen LogP contribution in [0.2, 0.25) is 0 Å². The summed E-state index contributed by atoms with van der Waals surface area (Å²) in [5.74, 6) is 1.02. The molecule has 0 unspecified atom stereocenters. The van der Waals surface area contributed by atoms with Gasteiger partial charge in [-0.25, -0.2) is 0 Å². The fraction of sp³-hybridized carbons (Fsp3) is 0.700. The van der Waals surface area contributed by atoms with Crippen molar-refractivity contribution in [1.82, 2.24) is 10.2 Å². The number of carbonyl (C=O) groups excluding carboxylic acids is 1. The Morgan fingerprint density at radius 1 is 1.29 bits per heavy atom. The van der Waals surface area contributed by atoms with Gasteiger partial charge < -0.3 is 4.42 Å². The van der Waals surface area contributed by atoms with Crippen LogP contribution in [0.4, 0.5) is 0 Å². The first-order valence-corrected chi connectivity index (χ1v) is 5.11. The molecule has 1 fully saturated rings. The van der Waals surface area contributed by atoms with Crippen molar-refractivity contribution in [2.24, 2.45) is 0 Å². The predicted molar refractivity (Wildman–Crippen MR) is 50.1 cm³/mol. The maximum atomic E-state index is 10.9. The van der Waals surface area contributed by atoms with E-state index in [1.807, 2.05) is 0 Å². The lowest BCUT2D eigenvalue weighted by molar-refractivity contribution is 0.0978. The quantitative estimate of drug-likeness (QED) is 0.678. The van der Waals surface area contributed by atoms with Crippen molar-refractivity contribution in [2.75, 3.05) is 0 Å². The Bertz CT molecular complexity index is 327. The highest BCUT2D eigenvalue weighted by molar-refractivity contribution is 5.89. The summed E-state index contributed by atoms with van der Waals surface area (Å²) in [6.45, 7) is 1.44. The average molecular weight is 194 g/mol. The van der Waals surface area contributed by atoms with Crippen LogP contribution < -0.4 is 0 Å². The van der Waals surface area contributed by atoms with Gasteiger partial charge in [-0.2, -0.15) is 0 Å². The molecule has 4 heteroatoms. The average Bonchev–Trinajstić information content (AvgIpc) is 2.68. The van der Waals surface area contributed by atoms with Crippen LogP contribution in [0.3, 0.4) is 0 Å². The molecule has 1 heterocycles. The molecular formula is C10H14N2O2. The van der Waals surface area contributed by atoms with Crippen LogP contribution in [0.1, 0.15) is 61.5 Å². The van der Waals surface area contributed by atoms with E-state index in [1.165, 1.54) is 26.2 Å². The second-order valence-electron chi connectivity index (χ2n) is 3.84. The summed E-state index contributed by atoms with van der Waals surface area (Å²) in [4.78, 5) is 10.9. The summed E-state index contributed by atoms with van der Waals surface area (Å²) in [6, 6.07) is 0. The van der Waals surface area contributed by atoms with Crippen molar-refractivity contribution >= 4 is 5.78 Å². The van der Waals surface area contributed by atoms with Gasteiger partial charge in [0.15, 0.2) is 0 Å². The van der Waals surface area contributed by atoms with Gasteiger partial charge in [0.1, 0.15) is 0 Å². The van der Waals surface area contributed by atoms with Crippen LogP contribution in [-0.2, 0) is 0 Å². The first-order valence-electron chi connectivity index (χ1n) is 5.11. The fourth-order valence-electron chi connectivity index (χ4n) is 1.89. The molecule has 1 aliphatic rings. The normalized spacial score (nSPS) is 18.4. The number of nitrogens with zero attached hydrogens (tertiary/aromatic N) is 2. The van der Waals surface area contributed by atoms with Crippen LogP contribution in [0, 0.1) is 0 Å². The van der Waals surface area contributed by atoms with Gasteiger partial charge in [-0.1, -0.05) is 19.3 Å². The smallest absolute Gasteiger partial charge is 0.283 e. The van der Waals surface area contributed by atoms with Gasteiger partial charge >= 0.3 is 0 Å². The monoisotopic (exact) mass is 194 g/mol. The third kappa shape index (κ3) is 1.84. The SMILES string of the molecule is CC(=O)c1nnc(C2CCCCC2)o1. The van der Waals surface area contributed by atoms with Gasteiger partial charge in [-0.05, 0) is 12.8 Å². The maximum Gasteiger partial charge on any atom is 0.283 e. The lowest BCUT2D eigenvalue weighted by Gasteiger charge is -2.17. The van der Waals surface area contributed by atoms with Crippen molar-refractivity contribution < 1.29 is 9.21 Å². The zero-order chi connectivity index (χ0) is 9.97. The van der Waals surface area contributed by atoms with Crippen LogP contribution in [0.25, 0.3) is 0 Å². The summed E-state index contributed by atoms with van der Waals surface area (Å²) >= 11 is 0. The Hall–Kier alpha value is -1.19. The van der Waals surface area contributed by atoms with Crippen molar-refractivity contribution in [2.45, 2.75) is 44.9 Å². The molecule has 1 saturated carbocycles. The van der Waals surface area contributed by atoms with E-state index in [0.29, 0.717) is 11.8 Å². The molecule has 0 aromatic carbocycles. The molecule has 76 valence electrons. The number of hydrogen-bond donors (Lipinski definition) is 0. The van der Waals surface area contributed by atoms with Gasteiger partial charge in [-0.15, -0.1) is 10.2 Å². The highest BCUT2D eigenvalue weighted by Gasteiger charge is 2.21. The first kappa shape index (κ1) is 9.37. The van der Waals surface area contributed by atoms with Crippen LogP contribution >= 0.6 is 0 Å². The molecule has 1 aromatic rings. The summed E-state index contributed by atoms with van der Waals surface area (Å²) in [7, 11) is 0.